The van der Waals surface area contributed by atoms with E-state index in [0.29, 0.717) is 18.2 Å². The van der Waals surface area contributed by atoms with Gasteiger partial charge in [0.1, 0.15) is 11.5 Å². The van der Waals surface area contributed by atoms with Crippen molar-refractivity contribution in [2.24, 2.45) is 0 Å². The molecule has 2 aromatic heterocycles. The summed E-state index contributed by atoms with van der Waals surface area (Å²) in [5.74, 6) is 2.48. The van der Waals surface area contributed by atoms with Crippen molar-refractivity contribution >= 4 is 17.7 Å². The molecule has 0 atom stereocenters. The summed E-state index contributed by atoms with van der Waals surface area (Å²) in [4.78, 5) is 12.5. The maximum atomic E-state index is 12.5. The number of furan rings is 1. The molecular weight excluding hydrogens is 460 g/mol. The van der Waals surface area contributed by atoms with Gasteiger partial charge in [0.15, 0.2) is 11.0 Å². The predicted molar refractivity (Wildman–Crippen MR) is 138 cm³/mol. The smallest absolute Gasteiger partial charge is 0.230 e. The summed E-state index contributed by atoms with van der Waals surface area (Å²) in [7, 11) is 1.63. The molecule has 2 aromatic carbocycles. The molecule has 0 aliphatic heterocycles. The van der Waals surface area contributed by atoms with Crippen LogP contribution in [0.25, 0.3) is 11.4 Å². The highest BCUT2D eigenvalue weighted by atomic mass is 32.2. The van der Waals surface area contributed by atoms with Crippen LogP contribution >= 0.6 is 11.8 Å². The molecule has 8 heteroatoms. The van der Waals surface area contributed by atoms with Crippen molar-refractivity contribution < 1.29 is 13.9 Å². The molecule has 0 unspecified atom stereocenters. The van der Waals surface area contributed by atoms with Gasteiger partial charge >= 0.3 is 0 Å². The van der Waals surface area contributed by atoms with Gasteiger partial charge in [-0.3, -0.25) is 9.36 Å². The minimum Gasteiger partial charge on any atom is -0.497 e. The maximum absolute atomic E-state index is 12.5. The average molecular weight is 491 g/mol. The summed E-state index contributed by atoms with van der Waals surface area (Å²) in [6, 6.07) is 19.8. The molecule has 0 saturated carbocycles. The van der Waals surface area contributed by atoms with Crippen LogP contribution in [0.2, 0.25) is 0 Å². The number of nitrogens with zero attached hydrogens (tertiary/aromatic N) is 3. The van der Waals surface area contributed by atoms with Crippen LogP contribution in [0.5, 0.6) is 5.75 Å². The van der Waals surface area contributed by atoms with Crippen LogP contribution in [-0.2, 0) is 23.3 Å². The number of hydrogen-bond donors (Lipinski definition) is 1. The highest BCUT2D eigenvalue weighted by Crippen LogP contribution is 2.28. The van der Waals surface area contributed by atoms with E-state index in [9.17, 15) is 4.79 Å². The average Bonchev–Trinajstić information content (AvgIpc) is 3.51. The van der Waals surface area contributed by atoms with Crippen molar-refractivity contribution in [2.75, 3.05) is 12.9 Å². The molecule has 0 bridgehead atoms. The first-order valence-corrected chi connectivity index (χ1v) is 12.4. The minimum absolute atomic E-state index is 0.0700. The van der Waals surface area contributed by atoms with Gasteiger partial charge in [-0.2, -0.15) is 0 Å². The number of amides is 1. The SMILES string of the molecule is COc1ccc(CNC(=O)CSc2nnc(-c3ccc(C(C)(C)C)cc3)n2Cc2ccco2)cc1. The molecule has 0 radical (unpaired) electrons. The van der Waals surface area contributed by atoms with E-state index in [1.54, 1.807) is 13.4 Å². The van der Waals surface area contributed by atoms with Crippen molar-refractivity contribution in [3.63, 3.8) is 0 Å². The topological polar surface area (TPSA) is 82.2 Å². The highest BCUT2D eigenvalue weighted by molar-refractivity contribution is 7.99. The molecule has 35 heavy (non-hydrogen) atoms. The number of hydrogen-bond acceptors (Lipinski definition) is 6. The molecule has 4 rings (SSSR count). The van der Waals surface area contributed by atoms with Gasteiger partial charge in [0.2, 0.25) is 5.91 Å². The Kier molecular flexibility index (Phi) is 7.60. The second-order valence-corrected chi connectivity index (χ2v) is 10.2. The molecular formula is C27H30N4O3S. The number of methoxy groups -OCH3 is 1. The van der Waals surface area contributed by atoms with Gasteiger partial charge in [0.25, 0.3) is 0 Å². The second-order valence-electron chi connectivity index (χ2n) is 9.21. The van der Waals surface area contributed by atoms with Crippen molar-refractivity contribution in [1.82, 2.24) is 20.1 Å². The van der Waals surface area contributed by atoms with Crippen molar-refractivity contribution in [3.8, 4) is 17.1 Å². The standard InChI is InChI=1S/C27H30N4O3S/c1-27(2,3)21-11-9-20(10-12-21)25-29-30-26(31(25)17-23-6-5-15-34-23)35-18-24(32)28-16-19-7-13-22(33-4)14-8-19/h5-15H,16-18H2,1-4H3,(H,28,32). The van der Waals surface area contributed by atoms with Crippen LogP contribution < -0.4 is 10.1 Å². The van der Waals surface area contributed by atoms with E-state index in [0.717, 1.165) is 28.5 Å². The fourth-order valence-corrected chi connectivity index (χ4v) is 4.32. The number of benzene rings is 2. The van der Waals surface area contributed by atoms with Gasteiger partial charge in [-0.25, -0.2) is 0 Å². The first kappa shape index (κ1) is 24.6. The monoisotopic (exact) mass is 490 g/mol. The highest BCUT2D eigenvalue weighted by Gasteiger charge is 2.19. The third-order valence-corrected chi connectivity index (χ3v) is 6.57. The normalized spacial score (nSPS) is 11.4. The van der Waals surface area contributed by atoms with E-state index in [1.807, 2.05) is 41.0 Å². The van der Waals surface area contributed by atoms with Crippen LogP contribution in [0.15, 0.2) is 76.5 Å². The van der Waals surface area contributed by atoms with E-state index < -0.39 is 0 Å². The second kappa shape index (κ2) is 10.8. The van der Waals surface area contributed by atoms with Crippen LogP contribution in [-0.4, -0.2) is 33.5 Å². The van der Waals surface area contributed by atoms with Crippen molar-refractivity contribution in [2.45, 2.75) is 44.4 Å². The van der Waals surface area contributed by atoms with E-state index in [4.69, 9.17) is 9.15 Å². The van der Waals surface area contributed by atoms with Gasteiger partial charge in [0, 0.05) is 12.1 Å². The van der Waals surface area contributed by atoms with Crippen molar-refractivity contribution in [3.05, 3.63) is 83.8 Å². The largest absolute Gasteiger partial charge is 0.497 e. The summed E-state index contributed by atoms with van der Waals surface area (Å²) in [5, 5.41) is 12.5. The molecule has 1 N–H and O–H groups in total. The Bertz CT molecular complexity index is 1240. The van der Waals surface area contributed by atoms with Gasteiger partial charge in [-0.15, -0.1) is 10.2 Å². The number of aromatic nitrogens is 3. The lowest BCUT2D eigenvalue weighted by molar-refractivity contribution is -0.118. The molecule has 0 fully saturated rings. The fourth-order valence-electron chi connectivity index (χ4n) is 3.55. The third kappa shape index (κ3) is 6.33. The van der Waals surface area contributed by atoms with Crippen LogP contribution in [0, 0.1) is 0 Å². The van der Waals surface area contributed by atoms with Gasteiger partial charge in [-0.1, -0.05) is 68.9 Å². The summed E-state index contributed by atoms with van der Waals surface area (Å²) in [6.45, 7) is 7.50. The molecule has 7 nitrogen and oxygen atoms in total. The predicted octanol–water partition coefficient (Wildman–Crippen LogP) is 5.30. The lowest BCUT2D eigenvalue weighted by atomic mass is 9.87. The number of ether oxygens (including phenoxy) is 1. The Morgan fingerprint density at radius 2 is 1.80 bits per heavy atom. The quantitative estimate of drug-likeness (QED) is 0.321. The molecule has 0 aliphatic rings. The Labute approximate surface area is 209 Å². The zero-order valence-corrected chi connectivity index (χ0v) is 21.3. The number of thioether (sulfide) groups is 1. The number of carbonyl (C=O) groups is 1. The lowest BCUT2D eigenvalue weighted by Gasteiger charge is -2.19. The van der Waals surface area contributed by atoms with Crippen LogP contribution in [0.3, 0.4) is 0 Å². The number of nitrogens with one attached hydrogen (secondary N) is 1. The molecule has 4 aromatic rings. The Morgan fingerprint density at radius 3 is 2.43 bits per heavy atom. The zero-order valence-electron chi connectivity index (χ0n) is 20.4. The minimum atomic E-state index is -0.0746. The van der Waals surface area contributed by atoms with Crippen LogP contribution in [0.1, 0.15) is 37.7 Å². The van der Waals surface area contributed by atoms with E-state index in [1.165, 1.54) is 17.3 Å². The summed E-state index contributed by atoms with van der Waals surface area (Å²) >= 11 is 1.36. The number of carbonyl (C=O) groups excluding carboxylic acids is 1. The Hall–Kier alpha value is -3.52. The summed E-state index contributed by atoms with van der Waals surface area (Å²) in [6.07, 6.45) is 1.65. The number of rotatable bonds is 9. The maximum Gasteiger partial charge on any atom is 0.230 e. The molecule has 1 amide bonds. The molecule has 182 valence electrons. The lowest BCUT2D eigenvalue weighted by Crippen LogP contribution is -2.24. The van der Waals surface area contributed by atoms with E-state index in [-0.39, 0.29) is 17.1 Å². The van der Waals surface area contributed by atoms with Gasteiger partial charge < -0.3 is 14.5 Å². The van der Waals surface area contributed by atoms with E-state index in [2.05, 4.69) is 60.6 Å². The summed E-state index contributed by atoms with van der Waals surface area (Å²) < 4.78 is 12.7. The summed E-state index contributed by atoms with van der Waals surface area (Å²) in [5.41, 5.74) is 3.29. The van der Waals surface area contributed by atoms with Crippen LogP contribution in [0.4, 0.5) is 0 Å². The Balaban J connectivity index is 1.46. The third-order valence-electron chi connectivity index (χ3n) is 5.60. The fraction of sp³-hybridized carbons (Fsp3) is 0.296. The first-order chi connectivity index (χ1) is 16.8. The molecule has 0 saturated heterocycles. The van der Waals surface area contributed by atoms with Gasteiger partial charge in [0.05, 0.1) is 25.7 Å². The zero-order chi connectivity index (χ0) is 24.8. The molecule has 0 spiro atoms. The molecule has 0 aliphatic carbocycles. The van der Waals surface area contributed by atoms with Gasteiger partial charge in [-0.05, 0) is 40.8 Å². The van der Waals surface area contributed by atoms with Crippen molar-refractivity contribution in [1.29, 1.82) is 0 Å². The van der Waals surface area contributed by atoms with E-state index >= 15 is 0 Å². The first-order valence-electron chi connectivity index (χ1n) is 11.4. The Morgan fingerprint density at radius 1 is 1.06 bits per heavy atom. The molecule has 2 heterocycles.